The van der Waals surface area contributed by atoms with Crippen molar-refractivity contribution in [3.05, 3.63) is 105 Å². The maximum atomic E-state index is 13.2. The maximum Gasteiger partial charge on any atom is 0.193 e. The summed E-state index contributed by atoms with van der Waals surface area (Å²) in [5.41, 5.74) is 0.871. The van der Waals surface area contributed by atoms with Crippen molar-refractivity contribution < 1.29 is 17.6 Å². The van der Waals surface area contributed by atoms with Crippen LogP contribution in [0.3, 0.4) is 0 Å². The van der Waals surface area contributed by atoms with E-state index in [0.29, 0.717) is 11.1 Å². The average Bonchev–Trinajstić information content (AvgIpc) is 2.73. The van der Waals surface area contributed by atoms with Gasteiger partial charge in [-0.3, -0.25) is 9.59 Å². The van der Waals surface area contributed by atoms with Crippen molar-refractivity contribution in [2.75, 3.05) is 0 Å². The van der Waals surface area contributed by atoms with Gasteiger partial charge in [0.25, 0.3) is 0 Å². The molecule has 6 heteroatoms. The number of hydrogen-bond acceptors (Lipinski definition) is 4. The van der Waals surface area contributed by atoms with Crippen molar-refractivity contribution in [1.82, 2.24) is 0 Å². The third-order valence-corrected chi connectivity index (χ3v) is 4.83. The lowest BCUT2D eigenvalue weighted by Crippen LogP contribution is -2.04. The van der Waals surface area contributed by atoms with Gasteiger partial charge in [0.2, 0.25) is 0 Å². The van der Waals surface area contributed by atoms with Gasteiger partial charge in [-0.05, 0) is 54.6 Å². The lowest BCUT2D eigenvalue weighted by molar-refractivity contribution is 0.605. The summed E-state index contributed by atoms with van der Waals surface area (Å²) in [6.45, 7) is 0. The van der Waals surface area contributed by atoms with Crippen molar-refractivity contribution in [2.45, 2.75) is 0 Å². The smallest absolute Gasteiger partial charge is 0.193 e. The largest absolute Gasteiger partial charge is 0.456 e. The van der Waals surface area contributed by atoms with Gasteiger partial charge in [0.1, 0.15) is 34.3 Å². The minimum atomic E-state index is -0.400. The molecule has 0 radical (unpaired) electrons. The molecule has 5 rings (SSSR count). The van der Waals surface area contributed by atoms with Crippen molar-refractivity contribution in [3.63, 3.8) is 0 Å². The summed E-state index contributed by atoms with van der Waals surface area (Å²) >= 11 is 0. The summed E-state index contributed by atoms with van der Waals surface area (Å²) in [4.78, 5) is 25.2. The second-order valence-corrected chi connectivity index (χ2v) is 6.81. The Hall–Kier alpha value is -4.06. The van der Waals surface area contributed by atoms with Gasteiger partial charge in [0, 0.05) is 29.3 Å². The first-order chi connectivity index (χ1) is 14.5. The predicted molar refractivity (Wildman–Crippen MR) is 109 cm³/mol. The molecule has 5 aromatic rings. The van der Waals surface area contributed by atoms with Crippen LogP contribution in [0.25, 0.3) is 44.6 Å². The van der Waals surface area contributed by atoms with Gasteiger partial charge >= 0.3 is 0 Å². The molecule has 0 saturated heterocycles. The second kappa shape index (κ2) is 6.77. The third kappa shape index (κ3) is 3.08. The van der Waals surface area contributed by atoms with Gasteiger partial charge < -0.3 is 8.83 Å². The van der Waals surface area contributed by atoms with E-state index < -0.39 is 11.6 Å². The number of benzene rings is 3. The minimum Gasteiger partial charge on any atom is -0.456 e. The molecular weight excluding hydrogens is 390 g/mol. The predicted octanol–water partition coefficient (Wildman–Crippen LogP) is 5.51. The van der Waals surface area contributed by atoms with E-state index in [9.17, 15) is 18.4 Å². The van der Waals surface area contributed by atoms with Crippen LogP contribution in [0.2, 0.25) is 0 Å². The van der Waals surface area contributed by atoms with E-state index in [1.54, 1.807) is 0 Å². The Morgan fingerprint density at radius 2 is 0.933 bits per heavy atom. The van der Waals surface area contributed by atoms with Gasteiger partial charge in [-0.15, -0.1) is 0 Å². The zero-order valence-corrected chi connectivity index (χ0v) is 15.3. The fraction of sp³-hybridized carbons (Fsp3) is 0. The van der Waals surface area contributed by atoms with Crippen LogP contribution in [-0.2, 0) is 0 Å². The molecule has 0 atom stereocenters. The monoisotopic (exact) mass is 402 g/mol. The topological polar surface area (TPSA) is 60.4 Å². The Bertz CT molecular complexity index is 1410. The number of fused-ring (bicyclic) bond motifs is 2. The summed E-state index contributed by atoms with van der Waals surface area (Å²) in [5.74, 6) is -0.265. The van der Waals surface area contributed by atoms with Crippen molar-refractivity contribution >= 4 is 21.9 Å². The SMILES string of the molecule is O=c1cc(-c2ccc(F)cc2)oc2cc3oc(-c4ccc(F)cc4)cc(=O)c3cc12. The van der Waals surface area contributed by atoms with Crippen molar-refractivity contribution in [3.8, 4) is 22.6 Å². The summed E-state index contributed by atoms with van der Waals surface area (Å²) in [7, 11) is 0. The van der Waals surface area contributed by atoms with E-state index in [-0.39, 0.29) is 44.3 Å². The van der Waals surface area contributed by atoms with Crippen LogP contribution in [0.5, 0.6) is 0 Å². The van der Waals surface area contributed by atoms with Crippen molar-refractivity contribution in [2.24, 2.45) is 0 Å². The minimum absolute atomic E-state index is 0.230. The standard InChI is InChI=1S/C24H12F2O4/c25-15-5-1-13(2-6-15)21-10-19(27)17-9-18-20(28)11-22(14-3-7-16(26)8-4-14)30-24(18)12-23(17)29-21/h1-12H. The van der Waals surface area contributed by atoms with Crippen LogP contribution in [0.4, 0.5) is 8.78 Å². The first-order valence-corrected chi connectivity index (χ1v) is 9.05. The van der Waals surface area contributed by atoms with E-state index in [4.69, 9.17) is 8.83 Å². The molecule has 0 unspecified atom stereocenters. The van der Waals surface area contributed by atoms with Gasteiger partial charge in [-0.2, -0.15) is 0 Å². The molecule has 4 nitrogen and oxygen atoms in total. The fourth-order valence-corrected chi connectivity index (χ4v) is 3.32. The highest BCUT2D eigenvalue weighted by Gasteiger charge is 2.13. The van der Waals surface area contributed by atoms with E-state index in [1.807, 2.05) is 0 Å². The van der Waals surface area contributed by atoms with Gasteiger partial charge in [-0.25, -0.2) is 8.78 Å². The van der Waals surface area contributed by atoms with E-state index in [1.165, 1.54) is 72.8 Å². The summed E-state index contributed by atoms with van der Waals surface area (Å²) in [6.07, 6.45) is 0. The van der Waals surface area contributed by atoms with Gasteiger partial charge in [0.05, 0.1) is 10.8 Å². The zero-order valence-electron chi connectivity index (χ0n) is 15.3. The lowest BCUT2D eigenvalue weighted by atomic mass is 10.1. The van der Waals surface area contributed by atoms with Crippen molar-refractivity contribution in [1.29, 1.82) is 0 Å². The number of rotatable bonds is 2. The summed E-state index contributed by atoms with van der Waals surface area (Å²) in [5, 5.41) is 0.463. The van der Waals surface area contributed by atoms with E-state index in [0.717, 1.165) is 0 Å². The average molecular weight is 402 g/mol. The van der Waals surface area contributed by atoms with Crippen LogP contribution in [0.15, 0.2) is 91.2 Å². The molecular formula is C24H12F2O4. The molecule has 0 aliphatic rings. The van der Waals surface area contributed by atoms with Gasteiger partial charge in [-0.1, -0.05) is 0 Å². The Balaban J connectivity index is 1.73. The molecule has 30 heavy (non-hydrogen) atoms. The van der Waals surface area contributed by atoms with E-state index >= 15 is 0 Å². The highest BCUT2D eigenvalue weighted by molar-refractivity contribution is 5.93. The number of hydrogen-bond donors (Lipinski definition) is 0. The first-order valence-electron chi connectivity index (χ1n) is 9.05. The highest BCUT2D eigenvalue weighted by Crippen LogP contribution is 2.27. The second-order valence-electron chi connectivity index (χ2n) is 6.81. The molecule has 0 spiro atoms. The molecule has 146 valence electrons. The zero-order chi connectivity index (χ0) is 20.8. The maximum absolute atomic E-state index is 13.2. The molecule has 3 aromatic carbocycles. The normalized spacial score (nSPS) is 11.3. The fourth-order valence-electron chi connectivity index (χ4n) is 3.32. The molecule has 0 aliphatic carbocycles. The third-order valence-electron chi connectivity index (χ3n) is 4.83. The number of halogens is 2. The Morgan fingerprint density at radius 3 is 1.33 bits per heavy atom. The molecule has 2 heterocycles. The Kier molecular flexibility index (Phi) is 4.06. The first kappa shape index (κ1) is 18.0. The highest BCUT2D eigenvalue weighted by atomic mass is 19.1. The van der Waals surface area contributed by atoms with Crippen LogP contribution < -0.4 is 10.9 Å². The Labute approximate surface area is 167 Å². The molecule has 0 amide bonds. The van der Waals surface area contributed by atoms with E-state index in [2.05, 4.69) is 0 Å². The molecule has 0 N–H and O–H groups in total. The molecule has 0 saturated carbocycles. The van der Waals surface area contributed by atoms with Crippen LogP contribution in [0.1, 0.15) is 0 Å². The Morgan fingerprint density at radius 1 is 0.533 bits per heavy atom. The molecule has 0 bridgehead atoms. The lowest BCUT2D eigenvalue weighted by Gasteiger charge is -2.06. The van der Waals surface area contributed by atoms with Gasteiger partial charge in [0.15, 0.2) is 10.9 Å². The molecule has 0 aliphatic heterocycles. The van der Waals surface area contributed by atoms with Crippen LogP contribution in [-0.4, -0.2) is 0 Å². The summed E-state index contributed by atoms with van der Waals surface area (Å²) in [6, 6.07) is 16.6. The summed E-state index contributed by atoms with van der Waals surface area (Å²) < 4.78 is 38.1. The molecule has 0 fully saturated rings. The quantitative estimate of drug-likeness (QED) is 0.365. The molecule has 2 aromatic heterocycles. The van der Waals surface area contributed by atoms with Crippen LogP contribution in [0, 0.1) is 11.6 Å². The van der Waals surface area contributed by atoms with Crippen LogP contribution >= 0.6 is 0 Å².